The van der Waals surface area contributed by atoms with Crippen molar-refractivity contribution in [3.8, 4) is 22.3 Å². The zero-order chi connectivity index (χ0) is 57.0. The number of fused-ring (bicyclic) bond motifs is 11. The summed E-state index contributed by atoms with van der Waals surface area (Å²) in [6.07, 6.45) is 0. The van der Waals surface area contributed by atoms with Gasteiger partial charge in [-0.05, 0) is 145 Å². The number of benzene rings is 11. The normalized spacial score (nSPS) is 13.2. The van der Waals surface area contributed by atoms with Gasteiger partial charge < -0.3 is 14.2 Å². The summed E-state index contributed by atoms with van der Waals surface area (Å²) in [7, 11) is 0. The van der Waals surface area contributed by atoms with Crippen molar-refractivity contribution in [3.63, 3.8) is 0 Å². The monoisotopic (exact) mass is 1090 g/mol. The molecule has 0 unspecified atom stereocenters. The van der Waals surface area contributed by atoms with Crippen LogP contribution in [-0.4, -0.2) is 0 Å². The van der Waals surface area contributed by atoms with Crippen molar-refractivity contribution in [2.24, 2.45) is 0 Å². The number of hydrogen-bond acceptors (Lipinski definition) is 4. The zero-order valence-corrected chi connectivity index (χ0v) is 49.7. The van der Waals surface area contributed by atoms with Gasteiger partial charge in [-0.3, -0.25) is 0 Å². The van der Waals surface area contributed by atoms with Crippen LogP contribution in [-0.2, 0) is 21.7 Å². The molecule has 0 atom stereocenters. The molecule has 0 spiro atoms. The first-order valence-corrected chi connectivity index (χ1v) is 30.1. The van der Waals surface area contributed by atoms with Crippen molar-refractivity contribution >= 4 is 87.6 Å². The Bertz CT molecular complexity index is 4460. The quantitative estimate of drug-likeness (QED) is 0.144. The van der Waals surface area contributed by atoms with Crippen molar-refractivity contribution in [1.29, 1.82) is 0 Å². The molecule has 83 heavy (non-hydrogen) atoms. The van der Waals surface area contributed by atoms with Gasteiger partial charge in [0.05, 0.1) is 26.9 Å². The van der Waals surface area contributed by atoms with Gasteiger partial charge in [0.1, 0.15) is 11.2 Å². The first-order chi connectivity index (χ1) is 40.1. The molecule has 3 nitrogen and oxygen atoms in total. The molecule has 0 radical (unpaired) electrons. The van der Waals surface area contributed by atoms with E-state index in [9.17, 15) is 0 Å². The lowest BCUT2D eigenvalue weighted by atomic mass is 9.67. The molecule has 0 N–H and O–H groups in total. The van der Waals surface area contributed by atoms with Gasteiger partial charge in [-0.2, -0.15) is 0 Å². The molecule has 11 aromatic carbocycles. The topological polar surface area (TPSA) is 19.6 Å². The largest absolute Gasteiger partial charge is 0.455 e. The summed E-state index contributed by atoms with van der Waals surface area (Å²) in [6.45, 7) is 20.6. The van der Waals surface area contributed by atoms with Crippen molar-refractivity contribution in [2.75, 3.05) is 9.80 Å². The molecule has 0 saturated heterocycles. The van der Waals surface area contributed by atoms with E-state index in [4.69, 9.17) is 4.42 Å². The van der Waals surface area contributed by atoms with Crippen LogP contribution >= 0.6 is 11.3 Å². The summed E-state index contributed by atoms with van der Waals surface area (Å²) in [5.41, 5.74) is 20.7. The highest BCUT2D eigenvalue weighted by atomic mass is 32.1. The predicted octanol–water partition coefficient (Wildman–Crippen LogP) is 22.8. The van der Waals surface area contributed by atoms with Crippen LogP contribution in [0.5, 0.6) is 0 Å². The fraction of sp³-hybridized carbons (Fsp3) is 0.165. The number of rotatable bonds is 9. The number of thiophene rings is 1. The minimum atomic E-state index is -0.849. The van der Waals surface area contributed by atoms with Gasteiger partial charge in [0, 0.05) is 49.2 Å². The van der Waals surface area contributed by atoms with Crippen molar-refractivity contribution in [2.45, 2.75) is 84.0 Å². The smallest absolute Gasteiger partial charge is 0.145 e. The summed E-state index contributed by atoms with van der Waals surface area (Å²) in [6, 6.07) is 93.1. The highest BCUT2D eigenvalue weighted by molar-refractivity contribution is 7.26. The summed E-state index contributed by atoms with van der Waals surface area (Å²) in [5.74, 6) is 0. The molecular weight excluding hydrogens is 1020 g/mol. The first-order valence-electron chi connectivity index (χ1n) is 29.2. The van der Waals surface area contributed by atoms with E-state index in [1.165, 1.54) is 75.8 Å². The molecule has 4 heteroatoms. The Balaban J connectivity index is 1.15. The number of anilines is 6. The lowest BCUT2D eigenvalue weighted by Gasteiger charge is -2.36. The summed E-state index contributed by atoms with van der Waals surface area (Å²) >= 11 is 1.88. The molecular formula is C79H68N2OS. The molecule has 14 rings (SSSR count). The van der Waals surface area contributed by atoms with E-state index in [2.05, 4.69) is 321 Å². The molecule has 1 aliphatic carbocycles. The van der Waals surface area contributed by atoms with Gasteiger partial charge in [-0.25, -0.2) is 0 Å². The van der Waals surface area contributed by atoms with E-state index >= 15 is 0 Å². The van der Waals surface area contributed by atoms with Crippen LogP contribution in [0.15, 0.2) is 253 Å². The van der Waals surface area contributed by atoms with Crippen molar-refractivity contribution in [3.05, 3.63) is 288 Å². The van der Waals surface area contributed by atoms with Crippen LogP contribution in [0.1, 0.15) is 101 Å². The van der Waals surface area contributed by atoms with Crippen LogP contribution in [0, 0.1) is 0 Å². The third-order valence-electron chi connectivity index (χ3n) is 17.4. The van der Waals surface area contributed by atoms with E-state index in [0.717, 1.165) is 61.6 Å². The lowest BCUT2D eigenvalue weighted by molar-refractivity contribution is 0.590. The number of furan rings is 1. The highest BCUT2D eigenvalue weighted by Gasteiger charge is 2.50. The Kier molecular flexibility index (Phi) is 12.3. The highest BCUT2D eigenvalue weighted by Crippen LogP contribution is 2.65. The predicted molar refractivity (Wildman–Crippen MR) is 355 cm³/mol. The minimum absolute atomic E-state index is 0.0219. The van der Waals surface area contributed by atoms with Crippen LogP contribution in [0.3, 0.4) is 0 Å². The van der Waals surface area contributed by atoms with E-state index in [0.29, 0.717) is 0 Å². The zero-order valence-electron chi connectivity index (χ0n) is 48.9. The molecule has 0 aliphatic heterocycles. The van der Waals surface area contributed by atoms with Crippen LogP contribution in [0.4, 0.5) is 34.1 Å². The maximum atomic E-state index is 7.61. The molecule has 0 amide bonds. The molecule has 13 aromatic rings. The van der Waals surface area contributed by atoms with E-state index in [-0.39, 0.29) is 16.2 Å². The standard InChI is InChI=1S/C79H68N2OS/c1-76(2,3)53-35-43-59(44-36-53)80(60-45-37-54(38-46-60)77(4,5)6)66-49-65-73(74-70(66)62-29-19-21-31-68(62)82-74)72-64(79(65,56-25-15-11-16-26-56)57-27-17-12-18-28-57)50-67(75-71(72)63-30-20-22-32-69(63)83-75)81(61-47-39-55(40-48-61)78(7,8)9)58-41-33-52(34-42-58)51-23-13-10-14-24-51/h10-50H,1-9H3. The second-order valence-electron chi connectivity index (χ2n) is 25.7. The Hall–Kier alpha value is -8.96. The molecule has 0 fully saturated rings. The maximum absolute atomic E-state index is 7.61. The van der Waals surface area contributed by atoms with Gasteiger partial charge in [0.15, 0.2) is 0 Å². The molecule has 0 bridgehead atoms. The van der Waals surface area contributed by atoms with Crippen molar-refractivity contribution in [1.82, 2.24) is 0 Å². The van der Waals surface area contributed by atoms with E-state index < -0.39 is 5.41 Å². The maximum Gasteiger partial charge on any atom is 0.145 e. The van der Waals surface area contributed by atoms with E-state index in [1.807, 2.05) is 11.3 Å². The second kappa shape index (κ2) is 19.6. The van der Waals surface area contributed by atoms with Crippen LogP contribution < -0.4 is 9.80 Å². The number of hydrogen-bond donors (Lipinski definition) is 0. The Morgan fingerprint density at radius 2 is 0.759 bits per heavy atom. The van der Waals surface area contributed by atoms with Crippen LogP contribution in [0.2, 0.25) is 0 Å². The molecule has 1 aliphatic rings. The molecule has 406 valence electrons. The lowest BCUT2D eigenvalue weighted by Crippen LogP contribution is -2.29. The third-order valence-corrected chi connectivity index (χ3v) is 18.6. The van der Waals surface area contributed by atoms with Crippen molar-refractivity contribution < 1.29 is 4.42 Å². The fourth-order valence-corrected chi connectivity index (χ4v) is 14.3. The summed E-state index contributed by atoms with van der Waals surface area (Å²) in [5, 5.41) is 4.61. The van der Waals surface area contributed by atoms with Gasteiger partial charge >= 0.3 is 0 Å². The minimum Gasteiger partial charge on any atom is -0.455 e. The van der Waals surface area contributed by atoms with Gasteiger partial charge in [-0.1, -0.05) is 238 Å². The molecule has 2 heterocycles. The molecule has 0 saturated carbocycles. The van der Waals surface area contributed by atoms with Gasteiger partial charge in [-0.15, -0.1) is 11.3 Å². The Morgan fingerprint density at radius 1 is 0.361 bits per heavy atom. The second-order valence-corrected chi connectivity index (χ2v) is 26.7. The average molecular weight is 1090 g/mol. The molecule has 2 aromatic heterocycles. The van der Waals surface area contributed by atoms with Gasteiger partial charge in [0.2, 0.25) is 0 Å². The fourth-order valence-electron chi connectivity index (χ4n) is 13.1. The van der Waals surface area contributed by atoms with Crippen LogP contribution in [0.25, 0.3) is 64.4 Å². The Morgan fingerprint density at radius 3 is 1.27 bits per heavy atom. The van der Waals surface area contributed by atoms with Gasteiger partial charge in [0.25, 0.3) is 0 Å². The van der Waals surface area contributed by atoms with E-state index in [1.54, 1.807) is 0 Å². The number of nitrogens with zero attached hydrogens (tertiary/aromatic N) is 2. The average Bonchev–Trinajstić information content (AvgIpc) is 1.55. The summed E-state index contributed by atoms with van der Waals surface area (Å²) in [4.78, 5) is 5.02. The Labute approximate surface area is 492 Å². The first kappa shape index (κ1) is 52.1. The third kappa shape index (κ3) is 8.60. The summed E-state index contributed by atoms with van der Waals surface area (Å²) < 4.78 is 10.1. The SMILES string of the molecule is CC(C)(C)c1ccc(N(c2ccc(-c3ccccc3)cc2)c2cc3c(c4c2sc2ccccc24)-c2c(cc(N(c4ccc(C(C)(C)C)cc4)c4ccc(C(C)(C)C)cc4)c4c2oc2ccccc24)C3(c2ccccc2)c2ccccc2)cc1. The number of para-hydroxylation sites is 1.